The minimum atomic E-state index is -4.81. The molecule has 3 aromatic rings. The van der Waals surface area contributed by atoms with Crippen LogP contribution in [0.3, 0.4) is 0 Å². The topological polar surface area (TPSA) is 83.0 Å². The molecule has 1 unspecified atom stereocenters. The number of nitrogens with zero attached hydrogens (tertiary/aromatic N) is 1. The van der Waals surface area contributed by atoms with Crippen LogP contribution < -0.4 is 5.56 Å². The fourth-order valence-electron chi connectivity index (χ4n) is 2.59. The van der Waals surface area contributed by atoms with E-state index in [1.165, 1.54) is 24.3 Å². The van der Waals surface area contributed by atoms with E-state index in [4.69, 9.17) is 4.55 Å². The zero-order chi connectivity index (χ0) is 19.6. The van der Waals surface area contributed by atoms with Gasteiger partial charge in [0.15, 0.2) is 11.1 Å². The predicted molar refractivity (Wildman–Crippen MR) is 95.2 cm³/mol. The average Bonchev–Trinajstić information content (AvgIpc) is 2.61. The highest BCUT2D eigenvalue weighted by Crippen LogP contribution is 2.32. The van der Waals surface area contributed by atoms with Crippen LogP contribution in [-0.4, -0.2) is 18.7 Å². The van der Waals surface area contributed by atoms with Crippen molar-refractivity contribution in [2.75, 3.05) is 0 Å². The van der Waals surface area contributed by atoms with Crippen LogP contribution in [0.4, 0.5) is 13.2 Å². The molecule has 0 amide bonds. The first-order valence-corrected chi connectivity index (χ1v) is 8.97. The van der Waals surface area contributed by atoms with Gasteiger partial charge in [-0.3, -0.25) is 4.79 Å². The summed E-state index contributed by atoms with van der Waals surface area (Å²) >= 11 is -2.04. The maximum absolute atomic E-state index is 13.1. The number of aromatic nitrogens is 2. The maximum atomic E-state index is 13.1. The summed E-state index contributed by atoms with van der Waals surface area (Å²) < 4.78 is 59.2. The number of aromatic amines is 1. The zero-order valence-corrected chi connectivity index (χ0v) is 14.5. The minimum Gasteiger partial charge on any atom is -0.306 e. The molecule has 0 spiro atoms. The first kappa shape index (κ1) is 19.0. The summed E-state index contributed by atoms with van der Waals surface area (Å²) in [6.07, 6.45) is -4.81. The third kappa shape index (κ3) is 4.32. The first-order chi connectivity index (χ1) is 12.8. The third-order valence-electron chi connectivity index (χ3n) is 3.77. The van der Waals surface area contributed by atoms with E-state index in [0.29, 0.717) is 11.1 Å². The molecular weight excluding hydrogens is 381 g/mol. The van der Waals surface area contributed by atoms with Gasteiger partial charge in [0, 0.05) is 5.56 Å². The van der Waals surface area contributed by atoms with Gasteiger partial charge < -0.3 is 9.54 Å². The van der Waals surface area contributed by atoms with Crippen molar-refractivity contribution in [3.05, 3.63) is 76.3 Å². The molecule has 0 aliphatic rings. The van der Waals surface area contributed by atoms with E-state index >= 15 is 0 Å². The van der Waals surface area contributed by atoms with Crippen molar-refractivity contribution >= 4 is 11.1 Å². The van der Waals surface area contributed by atoms with Gasteiger partial charge in [-0.2, -0.15) is 13.2 Å². The predicted octanol–water partition coefficient (Wildman–Crippen LogP) is 3.84. The van der Waals surface area contributed by atoms with E-state index in [-0.39, 0.29) is 22.6 Å². The summed E-state index contributed by atoms with van der Waals surface area (Å²) in [6.45, 7) is 0. The molecular formula is C18H13F3N2O3S. The van der Waals surface area contributed by atoms with Crippen molar-refractivity contribution in [2.45, 2.75) is 11.9 Å². The Bertz CT molecular complexity index is 1030. The standard InChI is InChI=1S/C18H13F3N2O3S/c19-18(20,21)17-22-15(13-8-6-11(7-9-13)10-27(25)26)14(16(24)23-17)12-4-2-1-3-5-12/h1-9H,10H2,(H,25,26)(H,22,23,24). The Kier molecular flexibility index (Phi) is 5.24. The fraction of sp³-hybridized carbons (Fsp3) is 0.111. The van der Waals surface area contributed by atoms with Gasteiger partial charge in [0.1, 0.15) is 0 Å². The van der Waals surface area contributed by atoms with E-state index < -0.39 is 28.6 Å². The Morgan fingerprint density at radius 1 is 1.00 bits per heavy atom. The van der Waals surface area contributed by atoms with Crippen LogP contribution in [0.1, 0.15) is 11.4 Å². The summed E-state index contributed by atoms with van der Waals surface area (Å²) in [5.41, 5.74) is 0.241. The fourth-order valence-corrected chi connectivity index (χ4v) is 3.07. The van der Waals surface area contributed by atoms with Crippen LogP contribution in [-0.2, 0) is 23.0 Å². The lowest BCUT2D eigenvalue weighted by atomic mass is 10.00. The summed E-state index contributed by atoms with van der Waals surface area (Å²) in [5.74, 6) is -1.50. The van der Waals surface area contributed by atoms with Crippen molar-refractivity contribution in [3.63, 3.8) is 0 Å². The van der Waals surface area contributed by atoms with E-state index in [1.807, 2.05) is 0 Å². The van der Waals surface area contributed by atoms with Crippen molar-refractivity contribution in [1.82, 2.24) is 9.97 Å². The van der Waals surface area contributed by atoms with Crippen LogP contribution in [0.2, 0.25) is 0 Å². The largest absolute Gasteiger partial charge is 0.449 e. The lowest BCUT2D eigenvalue weighted by molar-refractivity contribution is -0.145. The molecule has 0 saturated heterocycles. The molecule has 1 aromatic heterocycles. The highest BCUT2D eigenvalue weighted by Gasteiger charge is 2.35. The molecule has 5 nitrogen and oxygen atoms in total. The van der Waals surface area contributed by atoms with E-state index in [1.54, 1.807) is 35.3 Å². The monoisotopic (exact) mass is 394 g/mol. The molecule has 9 heteroatoms. The van der Waals surface area contributed by atoms with Crippen LogP contribution >= 0.6 is 0 Å². The summed E-state index contributed by atoms with van der Waals surface area (Å²) in [4.78, 5) is 17.9. The Labute approximate surface area is 154 Å². The summed E-state index contributed by atoms with van der Waals surface area (Å²) in [7, 11) is 0. The van der Waals surface area contributed by atoms with Crippen molar-refractivity contribution < 1.29 is 21.9 Å². The Balaban J connectivity index is 2.21. The lowest BCUT2D eigenvalue weighted by Crippen LogP contribution is -2.21. The van der Waals surface area contributed by atoms with Crippen molar-refractivity contribution in [3.8, 4) is 22.4 Å². The van der Waals surface area contributed by atoms with Crippen molar-refractivity contribution in [2.24, 2.45) is 0 Å². The number of H-pyrrole nitrogens is 1. The number of nitrogens with one attached hydrogen (secondary N) is 1. The molecule has 1 heterocycles. The number of hydrogen-bond donors (Lipinski definition) is 2. The van der Waals surface area contributed by atoms with Gasteiger partial charge in [0.05, 0.1) is 17.0 Å². The first-order valence-electron chi connectivity index (χ1n) is 7.69. The van der Waals surface area contributed by atoms with Crippen LogP contribution in [0.25, 0.3) is 22.4 Å². The molecule has 0 radical (unpaired) electrons. The number of halogens is 3. The molecule has 0 aliphatic heterocycles. The van der Waals surface area contributed by atoms with Gasteiger partial charge in [-0.25, -0.2) is 9.19 Å². The Morgan fingerprint density at radius 2 is 1.63 bits per heavy atom. The Morgan fingerprint density at radius 3 is 2.19 bits per heavy atom. The van der Waals surface area contributed by atoms with E-state index in [9.17, 15) is 22.2 Å². The minimum absolute atomic E-state index is 0.0158. The molecule has 3 rings (SSSR count). The highest BCUT2D eigenvalue weighted by molar-refractivity contribution is 7.78. The number of rotatable bonds is 4. The smallest absolute Gasteiger partial charge is 0.306 e. The SMILES string of the molecule is O=c1[nH]c(C(F)(F)F)nc(-c2ccc(CS(=O)O)cc2)c1-c1ccccc1. The number of alkyl halides is 3. The van der Waals surface area contributed by atoms with Gasteiger partial charge in [-0.15, -0.1) is 0 Å². The molecule has 27 heavy (non-hydrogen) atoms. The quantitative estimate of drug-likeness (QED) is 0.659. The third-order valence-corrected chi connectivity index (χ3v) is 4.35. The van der Waals surface area contributed by atoms with Gasteiger partial charge in [-0.1, -0.05) is 54.6 Å². The second kappa shape index (κ2) is 7.45. The second-order valence-corrected chi connectivity index (χ2v) is 6.60. The normalized spacial score (nSPS) is 12.7. The zero-order valence-electron chi connectivity index (χ0n) is 13.7. The van der Waals surface area contributed by atoms with Crippen molar-refractivity contribution in [1.29, 1.82) is 0 Å². The molecule has 1 atom stereocenters. The van der Waals surface area contributed by atoms with Gasteiger partial charge >= 0.3 is 6.18 Å². The van der Waals surface area contributed by atoms with Gasteiger partial charge in [0.2, 0.25) is 5.82 Å². The summed E-state index contributed by atoms with van der Waals surface area (Å²) in [6, 6.07) is 14.2. The lowest BCUT2D eigenvalue weighted by Gasteiger charge is -2.13. The van der Waals surface area contributed by atoms with Crippen LogP contribution in [0.5, 0.6) is 0 Å². The maximum Gasteiger partial charge on any atom is 0.449 e. The van der Waals surface area contributed by atoms with Gasteiger partial charge in [-0.05, 0) is 11.1 Å². The van der Waals surface area contributed by atoms with Crippen LogP contribution in [0.15, 0.2) is 59.4 Å². The molecule has 2 N–H and O–H groups in total. The number of benzene rings is 2. The molecule has 0 saturated carbocycles. The molecule has 140 valence electrons. The van der Waals surface area contributed by atoms with E-state index in [2.05, 4.69) is 4.98 Å². The number of hydrogen-bond acceptors (Lipinski definition) is 3. The molecule has 0 aliphatic carbocycles. The molecule has 2 aromatic carbocycles. The summed E-state index contributed by atoms with van der Waals surface area (Å²) in [5, 5.41) is 0. The molecule has 0 bridgehead atoms. The highest BCUT2D eigenvalue weighted by atomic mass is 32.2. The Hall–Kier alpha value is -2.78. The average molecular weight is 394 g/mol. The second-order valence-electron chi connectivity index (χ2n) is 5.66. The molecule has 0 fully saturated rings. The van der Waals surface area contributed by atoms with Gasteiger partial charge in [0.25, 0.3) is 5.56 Å². The van der Waals surface area contributed by atoms with E-state index in [0.717, 1.165) is 0 Å². The van der Waals surface area contributed by atoms with Crippen LogP contribution in [0, 0.1) is 0 Å².